The molecule has 0 saturated heterocycles. The highest BCUT2D eigenvalue weighted by Gasteiger charge is 2.07. The lowest BCUT2D eigenvalue weighted by molar-refractivity contribution is 0.595. The van der Waals surface area contributed by atoms with Gasteiger partial charge in [-0.3, -0.25) is 0 Å². The standard InChI is InChI=1S/C11H21N5O2S/c1-3-5-13-10-9(2)11(16-8-15-10)14-6-4-7-19(12,17)18/h8H,3-7H2,1-2H3,(H2,12,17,18)(H2,13,14,15,16). The first kappa shape index (κ1) is 15.6. The van der Waals surface area contributed by atoms with Gasteiger partial charge in [-0.05, 0) is 19.8 Å². The normalized spacial score (nSPS) is 11.3. The minimum Gasteiger partial charge on any atom is -0.370 e. The fraction of sp³-hybridized carbons (Fsp3) is 0.636. The first-order valence-electron chi connectivity index (χ1n) is 6.24. The molecule has 19 heavy (non-hydrogen) atoms. The molecule has 8 heteroatoms. The van der Waals surface area contributed by atoms with Crippen molar-refractivity contribution >= 4 is 21.7 Å². The average Bonchev–Trinajstić information content (AvgIpc) is 2.33. The molecule has 1 aromatic heterocycles. The molecule has 108 valence electrons. The average molecular weight is 287 g/mol. The molecule has 0 bridgehead atoms. The second-order valence-electron chi connectivity index (χ2n) is 4.27. The van der Waals surface area contributed by atoms with Gasteiger partial charge in [0.25, 0.3) is 0 Å². The fourth-order valence-electron chi connectivity index (χ4n) is 1.53. The summed E-state index contributed by atoms with van der Waals surface area (Å²) in [5.74, 6) is 1.47. The number of hydrogen-bond donors (Lipinski definition) is 3. The molecule has 0 saturated carbocycles. The Morgan fingerprint density at radius 1 is 1.21 bits per heavy atom. The summed E-state index contributed by atoms with van der Waals surface area (Å²) in [7, 11) is -3.39. The van der Waals surface area contributed by atoms with Crippen molar-refractivity contribution in [3.8, 4) is 0 Å². The van der Waals surface area contributed by atoms with Gasteiger partial charge >= 0.3 is 0 Å². The Bertz CT molecular complexity index is 504. The monoisotopic (exact) mass is 287 g/mol. The third-order valence-corrected chi connectivity index (χ3v) is 3.38. The summed E-state index contributed by atoms with van der Waals surface area (Å²) in [6, 6.07) is 0. The Kier molecular flexibility index (Phi) is 5.97. The number of aromatic nitrogens is 2. The zero-order valence-corrected chi connectivity index (χ0v) is 12.1. The zero-order chi connectivity index (χ0) is 14.3. The van der Waals surface area contributed by atoms with Crippen molar-refractivity contribution in [1.29, 1.82) is 0 Å². The molecule has 0 aliphatic carbocycles. The summed E-state index contributed by atoms with van der Waals surface area (Å²) < 4.78 is 21.6. The van der Waals surface area contributed by atoms with Gasteiger partial charge in [-0.15, -0.1) is 0 Å². The quantitative estimate of drug-likeness (QED) is 0.607. The number of nitrogens with one attached hydrogen (secondary N) is 2. The van der Waals surface area contributed by atoms with E-state index in [1.54, 1.807) is 0 Å². The first-order chi connectivity index (χ1) is 8.94. The van der Waals surface area contributed by atoms with Crippen LogP contribution in [0.5, 0.6) is 0 Å². The maximum atomic E-state index is 10.8. The second kappa shape index (κ2) is 7.25. The topological polar surface area (TPSA) is 110 Å². The summed E-state index contributed by atoms with van der Waals surface area (Å²) in [5, 5.41) is 11.2. The molecule has 1 heterocycles. The molecule has 0 spiro atoms. The van der Waals surface area contributed by atoms with Crippen molar-refractivity contribution in [1.82, 2.24) is 9.97 Å². The van der Waals surface area contributed by atoms with Gasteiger partial charge in [0.05, 0.1) is 5.75 Å². The Labute approximate surface area is 114 Å². The number of nitrogens with two attached hydrogens (primary N) is 1. The van der Waals surface area contributed by atoms with Crippen molar-refractivity contribution < 1.29 is 8.42 Å². The highest BCUT2D eigenvalue weighted by atomic mass is 32.2. The van der Waals surface area contributed by atoms with E-state index in [2.05, 4.69) is 27.5 Å². The van der Waals surface area contributed by atoms with Crippen LogP contribution in [0.2, 0.25) is 0 Å². The van der Waals surface area contributed by atoms with E-state index in [9.17, 15) is 8.42 Å². The predicted molar refractivity (Wildman–Crippen MR) is 76.6 cm³/mol. The van der Waals surface area contributed by atoms with Crippen LogP contribution >= 0.6 is 0 Å². The van der Waals surface area contributed by atoms with Crippen LogP contribution < -0.4 is 15.8 Å². The van der Waals surface area contributed by atoms with Crippen LogP contribution in [0.25, 0.3) is 0 Å². The summed E-state index contributed by atoms with van der Waals surface area (Å²) >= 11 is 0. The van der Waals surface area contributed by atoms with Gasteiger partial charge in [0.15, 0.2) is 0 Å². The largest absolute Gasteiger partial charge is 0.370 e. The van der Waals surface area contributed by atoms with Gasteiger partial charge in [0, 0.05) is 18.7 Å². The van der Waals surface area contributed by atoms with E-state index in [1.165, 1.54) is 6.33 Å². The minimum absolute atomic E-state index is 0.0366. The van der Waals surface area contributed by atoms with Crippen LogP contribution in [0.1, 0.15) is 25.3 Å². The SMILES string of the molecule is CCCNc1ncnc(NCCCS(N)(=O)=O)c1C. The maximum Gasteiger partial charge on any atom is 0.209 e. The summed E-state index contributed by atoms with van der Waals surface area (Å²) in [5.41, 5.74) is 0.923. The van der Waals surface area contributed by atoms with Crippen LogP contribution in [0.15, 0.2) is 6.33 Å². The van der Waals surface area contributed by atoms with E-state index >= 15 is 0 Å². The van der Waals surface area contributed by atoms with E-state index < -0.39 is 10.0 Å². The van der Waals surface area contributed by atoms with Gasteiger partial charge in [0.2, 0.25) is 10.0 Å². The van der Waals surface area contributed by atoms with Gasteiger partial charge in [-0.25, -0.2) is 23.5 Å². The van der Waals surface area contributed by atoms with E-state index in [0.29, 0.717) is 18.8 Å². The van der Waals surface area contributed by atoms with E-state index in [0.717, 1.165) is 24.3 Å². The highest BCUT2D eigenvalue weighted by molar-refractivity contribution is 7.89. The molecule has 1 aromatic rings. The van der Waals surface area contributed by atoms with Crippen molar-refractivity contribution in [2.24, 2.45) is 5.14 Å². The molecule has 0 aliphatic heterocycles. The van der Waals surface area contributed by atoms with E-state index in [1.807, 2.05) is 6.92 Å². The van der Waals surface area contributed by atoms with Gasteiger partial charge in [0.1, 0.15) is 18.0 Å². The maximum absolute atomic E-state index is 10.8. The van der Waals surface area contributed by atoms with Crippen LogP contribution in [0, 0.1) is 6.92 Å². The van der Waals surface area contributed by atoms with Crippen LogP contribution in [0.3, 0.4) is 0 Å². The number of primary sulfonamides is 1. The summed E-state index contributed by atoms with van der Waals surface area (Å²) in [6.45, 7) is 5.35. The zero-order valence-electron chi connectivity index (χ0n) is 11.3. The molecule has 1 rings (SSSR count). The molecule has 0 fully saturated rings. The van der Waals surface area contributed by atoms with E-state index in [4.69, 9.17) is 5.14 Å². The second-order valence-corrected chi connectivity index (χ2v) is 6.00. The van der Waals surface area contributed by atoms with Crippen LogP contribution in [0.4, 0.5) is 11.6 Å². The van der Waals surface area contributed by atoms with E-state index in [-0.39, 0.29) is 5.75 Å². The predicted octanol–water partition coefficient (Wildman–Crippen LogP) is 0.697. The summed E-state index contributed by atoms with van der Waals surface area (Å²) in [6.07, 6.45) is 2.94. The Hall–Kier alpha value is -1.41. The molecule has 0 amide bonds. The minimum atomic E-state index is -3.39. The molecule has 0 unspecified atom stereocenters. The lowest BCUT2D eigenvalue weighted by Gasteiger charge is -2.12. The van der Waals surface area contributed by atoms with Crippen molar-refractivity contribution in [2.75, 3.05) is 29.5 Å². The number of anilines is 2. The van der Waals surface area contributed by atoms with Gasteiger partial charge in [-0.1, -0.05) is 6.92 Å². The molecular weight excluding hydrogens is 266 g/mol. The van der Waals surface area contributed by atoms with Gasteiger partial charge < -0.3 is 10.6 Å². The molecule has 7 nitrogen and oxygen atoms in total. The molecular formula is C11H21N5O2S. The Morgan fingerprint density at radius 3 is 2.32 bits per heavy atom. The Morgan fingerprint density at radius 2 is 1.79 bits per heavy atom. The molecule has 0 radical (unpaired) electrons. The third-order valence-electron chi connectivity index (χ3n) is 2.52. The number of hydrogen-bond acceptors (Lipinski definition) is 6. The van der Waals surface area contributed by atoms with Crippen molar-refractivity contribution in [2.45, 2.75) is 26.7 Å². The molecule has 4 N–H and O–H groups in total. The van der Waals surface area contributed by atoms with Crippen molar-refractivity contribution in [3.63, 3.8) is 0 Å². The lowest BCUT2D eigenvalue weighted by atomic mass is 10.3. The lowest BCUT2D eigenvalue weighted by Crippen LogP contribution is -2.19. The van der Waals surface area contributed by atoms with Crippen molar-refractivity contribution in [3.05, 3.63) is 11.9 Å². The van der Waals surface area contributed by atoms with Gasteiger partial charge in [-0.2, -0.15) is 0 Å². The molecule has 0 aromatic carbocycles. The smallest absolute Gasteiger partial charge is 0.209 e. The molecule has 0 atom stereocenters. The number of nitrogens with zero attached hydrogens (tertiary/aromatic N) is 2. The third kappa shape index (κ3) is 5.84. The Balaban J connectivity index is 2.54. The van der Waals surface area contributed by atoms with Crippen LogP contribution in [-0.2, 0) is 10.0 Å². The first-order valence-corrected chi connectivity index (χ1v) is 7.95. The highest BCUT2D eigenvalue weighted by Crippen LogP contribution is 2.17. The number of sulfonamides is 1. The summed E-state index contributed by atoms with van der Waals surface area (Å²) in [4.78, 5) is 8.30. The van der Waals surface area contributed by atoms with Crippen LogP contribution in [-0.4, -0.2) is 37.2 Å². The number of rotatable bonds is 8. The molecule has 0 aliphatic rings. The fourth-order valence-corrected chi connectivity index (χ4v) is 2.08.